The van der Waals surface area contributed by atoms with Gasteiger partial charge in [-0.15, -0.1) is 0 Å². The van der Waals surface area contributed by atoms with E-state index in [-0.39, 0.29) is 6.10 Å². The van der Waals surface area contributed by atoms with Crippen molar-refractivity contribution in [3.63, 3.8) is 0 Å². The quantitative estimate of drug-likeness (QED) is 0.856. The van der Waals surface area contributed by atoms with Crippen LogP contribution in [0, 0.1) is 5.92 Å². The second kappa shape index (κ2) is 6.33. The fourth-order valence-corrected chi connectivity index (χ4v) is 2.64. The summed E-state index contributed by atoms with van der Waals surface area (Å²) in [5, 5.41) is 3.45. The highest BCUT2D eigenvalue weighted by Crippen LogP contribution is 2.30. The molecule has 0 saturated heterocycles. The van der Waals surface area contributed by atoms with Crippen LogP contribution in [-0.4, -0.2) is 23.6 Å². The third-order valence-electron chi connectivity index (χ3n) is 3.61. The molecular formula is C15H25N3O. The number of aromatic nitrogens is 2. The van der Waals surface area contributed by atoms with Crippen molar-refractivity contribution in [3.05, 3.63) is 17.1 Å². The van der Waals surface area contributed by atoms with Crippen LogP contribution in [0.15, 0.2) is 0 Å². The van der Waals surface area contributed by atoms with Crippen molar-refractivity contribution in [1.82, 2.24) is 9.97 Å². The second-order valence-electron chi connectivity index (χ2n) is 5.54. The van der Waals surface area contributed by atoms with E-state index in [0.29, 0.717) is 5.92 Å². The van der Waals surface area contributed by atoms with Crippen LogP contribution in [0.5, 0.6) is 0 Å². The molecule has 1 heterocycles. The molecule has 0 spiro atoms. The maximum absolute atomic E-state index is 5.56. The molecule has 1 aromatic rings. The molecule has 4 heteroatoms. The predicted octanol–water partition coefficient (Wildman–Crippen LogP) is 3.13. The van der Waals surface area contributed by atoms with Gasteiger partial charge in [0.25, 0.3) is 0 Å². The first-order valence-corrected chi connectivity index (χ1v) is 7.33. The van der Waals surface area contributed by atoms with Gasteiger partial charge in [-0.2, -0.15) is 0 Å². The number of hydrogen-bond donors (Lipinski definition) is 1. The smallest absolute Gasteiger partial charge is 0.159 e. The van der Waals surface area contributed by atoms with Gasteiger partial charge in [-0.1, -0.05) is 20.8 Å². The van der Waals surface area contributed by atoms with Gasteiger partial charge in [0.1, 0.15) is 11.9 Å². The monoisotopic (exact) mass is 263 g/mol. The number of fused-ring (bicyclic) bond motifs is 1. The maximum Gasteiger partial charge on any atom is 0.159 e. The molecule has 0 radical (unpaired) electrons. The van der Waals surface area contributed by atoms with Crippen LogP contribution in [0.1, 0.15) is 56.8 Å². The van der Waals surface area contributed by atoms with E-state index < -0.39 is 0 Å². The maximum atomic E-state index is 5.56. The molecular weight excluding hydrogens is 238 g/mol. The summed E-state index contributed by atoms with van der Waals surface area (Å²) in [6.07, 6.45) is 4.44. The minimum absolute atomic E-state index is 0.0203. The summed E-state index contributed by atoms with van der Waals surface area (Å²) in [6, 6.07) is 0. The van der Waals surface area contributed by atoms with Gasteiger partial charge in [0.05, 0.1) is 0 Å². The fourth-order valence-electron chi connectivity index (χ4n) is 2.64. The Morgan fingerprint density at radius 2 is 2.05 bits per heavy atom. The number of anilines is 1. The van der Waals surface area contributed by atoms with Crippen LogP contribution in [0.4, 0.5) is 5.82 Å². The average Bonchev–Trinajstić information content (AvgIpc) is 2.84. The third kappa shape index (κ3) is 3.06. The van der Waals surface area contributed by atoms with E-state index in [1.807, 2.05) is 0 Å². The zero-order chi connectivity index (χ0) is 13.8. The molecule has 2 rings (SSSR count). The molecule has 1 atom stereocenters. The highest BCUT2D eigenvalue weighted by Gasteiger charge is 2.24. The number of nitrogens with zero attached hydrogens (tertiary/aromatic N) is 2. The summed E-state index contributed by atoms with van der Waals surface area (Å²) in [5.74, 6) is 2.24. The standard InChI is InChI=1S/C15H25N3O/c1-5-9-16-14-11-7-6-8-12(11)17-15(18-14)13(19-4)10(2)3/h10,13H,5-9H2,1-4H3,(H,16,17,18). The summed E-state index contributed by atoms with van der Waals surface area (Å²) < 4.78 is 5.56. The molecule has 0 aliphatic heterocycles. The van der Waals surface area contributed by atoms with Crippen molar-refractivity contribution < 1.29 is 4.74 Å². The zero-order valence-electron chi connectivity index (χ0n) is 12.5. The lowest BCUT2D eigenvalue weighted by Crippen LogP contribution is -2.16. The Labute approximate surface area is 116 Å². The Balaban J connectivity index is 2.35. The molecule has 1 unspecified atom stereocenters. The number of nitrogens with one attached hydrogen (secondary N) is 1. The Morgan fingerprint density at radius 1 is 1.26 bits per heavy atom. The van der Waals surface area contributed by atoms with E-state index in [2.05, 4.69) is 26.1 Å². The lowest BCUT2D eigenvalue weighted by molar-refractivity contribution is 0.0574. The average molecular weight is 263 g/mol. The van der Waals surface area contributed by atoms with Crippen molar-refractivity contribution in [2.75, 3.05) is 19.0 Å². The SMILES string of the molecule is CCCNc1nc(C(OC)C(C)C)nc2c1CCC2. The number of hydrogen-bond acceptors (Lipinski definition) is 4. The van der Waals surface area contributed by atoms with Crippen molar-refractivity contribution in [2.45, 2.75) is 52.6 Å². The molecule has 1 aromatic heterocycles. The largest absolute Gasteiger partial charge is 0.373 e. The summed E-state index contributed by atoms with van der Waals surface area (Å²) in [5.41, 5.74) is 2.53. The lowest BCUT2D eigenvalue weighted by atomic mass is 10.1. The van der Waals surface area contributed by atoms with Crippen molar-refractivity contribution in [3.8, 4) is 0 Å². The number of ether oxygens (including phenoxy) is 1. The summed E-state index contributed by atoms with van der Waals surface area (Å²) in [7, 11) is 1.74. The van der Waals surface area contributed by atoms with E-state index in [1.54, 1.807) is 7.11 Å². The number of methoxy groups -OCH3 is 1. The number of rotatable bonds is 6. The second-order valence-corrected chi connectivity index (χ2v) is 5.54. The summed E-state index contributed by atoms with van der Waals surface area (Å²) in [6.45, 7) is 7.41. The summed E-state index contributed by atoms with van der Waals surface area (Å²) in [4.78, 5) is 9.47. The molecule has 0 aromatic carbocycles. The molecule has 1 N–H and O–H groups in total. The third-order valence-corrected chi connectivity index (χ3v) is 3.61. The molecule has 4 nitrogen and oxygen atoms in total. The zero-order valence-corrected chi connectivity index (χ0v) is 12.5. The summed E-state index contributed by atoms with van der Waals surface area (Å²) >= 11 is 0. The highest BCUT2D eigenvalue weighted by atomic mass is 16.5. The van der Waals surface area contributed by atoms with Crippen LogP contribution in [0.25, 0.3) is 0 Å². The Bertz CT molecular complexity index is 432. The van der Waals surface area contributed by atoms with E-state index >= 15 is 0 Å². The highest BCUT2D eigenvalue weighted by molar-refractivity contribution is 5.49. The fraction of sp³-hybridized carbons (Fsp3) is 0.733. The Hall–Kier alpha value is -1.16. The normalized spacial score (nSPS) is 15.6. The van der Waals surface area contributed by atoms with Crippen LogP contribution < -0.4 is 5.32 Å². The lowest BCUT2D eigenvalue weighted by Gasteiger charge is -2.20. The van der Waals surface area contributed by atoms with E-state index in [4.69, 9.17) is 14.7 Å². The topological polar surface area (TPSA) is 47.0 Å². The van der Waals surface area contributed by atoms with Crippen molar-refractivity contribution in [1.29, 1.82) is 0 Å². The predicted molar refractivity (Wildman–Crippen MR) is 77.4 cm³/mol. The molecule has 0 saturated carbocycles. The molecule has 0 amide bonds. The molecule has 19 heavy (non-hydrogen) atoms. The van der Waals surface area contributed by atoms with Crippen molar-refractivity contribution >= 4 is 5.82 Å². The van der Waals surface area contributed by atoms with E-state index in [9.17, 15) is 0 Å². The van der Waals surface area contributed by atoms with E-state index in [1.165, 1.54) is 17.7 Å². The van der Waals surface area contributed by atoms with Gasteiger partial charge in [-0.05, 0) is 31.6 Å². The first kappa shape index (κ1) is 14.3. The van der Waals surface area contributed by atoms with E-state index in [0.717, 1.165) is 37.4 Å². The van der Waals surface area contributed by atoms with Crippen LogP contribution in [0.2, 0.25) is 0 Å². The number of aryl methyl sites for hydroxylation is 1. The van der Waals surface area contributed by atoms with Crippen molar-refractivity contribution in [2.24, 2.45) is 5.92 Å². The molecule has 106 valence electrons. The molecule has 0 bridgehead atoms. The molecule has 1 aliphatic carbocycles. The molecule has 0 fully saturated rings. The van der Waals surface area contributed by atoms with Gasteiger partial charge in [0.2, 0.25) is 0 Å². The van der Waals surface area contributed by atoms with Gasteiger partial charge in [-0.3, -0.25) is 0 Å². The first-order valence-electron chi connectivity index (χ1n) is 7.33. The Kier molecular flexibility index (Phi) is 4.75. The van der Waals surface area contributed by atoms with Crippen LogP contribution in [0.3, 0.4) is 0 Å². The van der Waals surface area contributed by atoms with Crippen LogP contribution >= 0.6 is 0 Å². The minimum Gasteiger partial charge on any atom is -0.373 e. The van der Waals surface area contributed by atoms with Crippen LogP contribution in [-0.2, 0) is 17.6 Å². The first-order chi connectivity index (χ1) is 9.17. The van der Waals surface area contributed by atoms with Gasteiger partial charge in [0.15, 0.2) is 5.82 Å². The van der Waals surface area contributed by atoms with Gasteiger partial charge < -0.3 is 10.1 Å². The minimum atomic E-state index is -0.0203. The van der Waals surface area contributed by atoms with Gasteiger partial charge in [0, 0.05) is 24.9 Å². The van der Waals surface area contributed by atoms with Gasteiger partial charge >= 0.3 is 0 Å². The molecule has 1 aliphatic rings. The van der Waals surface area contributed by atoms with Gasteiger partial charge in [-0.25, -0.2) is 9.97 Å². The Morgan fingerprint density at radius 3 is 2.68 bits per heavy atom.